The Bertz CT molecular complexity index is 984. The molecule has 0 saturated heterocycles. The Morgan fingerprint density at radius 1 is 1.07 bits per heavy atom. The topological polar surface area (TPSA) is 122 Å². The van der Waals surface area contributed by atoms with Crippen molar-refractivity contribution in [3.8, 4) is 5.88 Å². The van der Waals surface area contributed by atoms with Crippen LogP contribution < -0.4 is 16.4 Å². The van der Waals surface area contributed by atoms with Gasteiger partial charge in [-0.15, -0.1) is 11.8 Å². The Balaban J connectivity index is 1.61. The van der Waals surface area contributed by atoms with Crippen LogP contribution in [-0.2, 0) is 6.54 Å². The van der Waals surface area contributed by atoms with Gasteiger partial charge in [0.05, 0.1) is 6.33 Å². The van der Waals surface area contributed by atoms with Gasteiger partial charge in [0.1, 0.15) is 0 Å². The number of thioether (sulfide) groups is 1. The molecule has 28 heavy (non-hydrogen) atoms. The van der Waals surface area contributed by atoms with Crippen molar-refractivity contribution in [3.05, 3.63) is 66.1 Å². The van der Waals surface area contributed by atoms with E-state index >= 15 is 0 Å². The fourth-order valence-corrected chi connectivity index (χ4v) is 3.01. The van der Waals surface area contributed by atoms with Gasteiger partial charge < -0.3 is 26.0 Å². The summed E-state index contributed by atoms with van der Waals surface area (Å²) in [4.78, 5) is 28.3. The minimum Gasteiger partial charge on any atom is -0.492 e. The molecular formula is C19H19N5O3S. The Labute approximate surface area is 165 Å². The third kappa shape index (κ3) is 4.63. The summed E-state index contributed by atoms with van der Waals surface area (Å²) in [5.41, 5.74) is 7.37. The van der Waals surface area contributed by atoms with Crippen molar-refractivity contribution in [1.29, 1.82) is 0 Å². The van der Waals surface area contributed by atoms with Crippen LogP contribution in [0.1, 0.15) is 16.1 Å². The van der Waals surface area contributed by atoms with E-state index < -0.39 is 11.8 Å². The Kier molecular flexibility index (Phi) is 5.85. The molecular weight excluding hydrogens is 378 g/mol. The van der Waals surface area contributed by atoms with Gasteiger partial charge >= 0.3 is 6.03 Å². The number of amides is 3. The molecule has 0 unspecified atom stereocenters. The molecule has 3 rings (SSSR count). The smallest absolute Gasteiger partial charge is 0.323 e. The predicted molar refractivity (Wildman–Crippen MR) is 109 cm³/mol. The van der Waals surface area contributed by atoms with Crippen molar-refractivity contribution >= 4 is 35.1 Å². The number of carbonyl (C=O) groups is 2. The van der Waals surface area contributed by atoms with Crippen molar-refractivity contribution in [2.45, 2.75) is 11.4 Å². The molecule has 3 amide bonds. The highest BCUT2D eigenvalue weighted by molar-refractivity contribution is 7.98. The summed E-state index contributed by atoms with van der Waals surface area (Å²) in [7, 11) is 0. The lowest BCUT2D eigenvalue weighted by atomic mass is 10.2. The molecule has 3 aromatic rings. The number of aromatic hydroxyl groups is 1. The van der Waals surface area contributed by atoms with E-state index in [0.29, 0.717) is 17.9 Å². The number of rotatable bonds is 6. The number of carbonyl (C=O) groups excluding carboxylic acids is 2. The maximum Gasteiger partial charge on any atom is 0.323 e. The molecule has 0 spiro atoms. The maximum atomic E-state index is 12.1. The van der Waals surface area contributed by atoms with E-state index in [1.165, 1.54) is 10.9 Å². The number of nitrogens with two attached hydrogens (primary N) is 1. The Morgan fingerprint density at radius 3 is 2.18 bits per heavy atom. The average molecular weight is 397 g/mol. The highest BCUT2D eigenvalue weighted by Crippen LogP contribution is 2.19. The number of benzene rings is 2. The summed E-state index contributed by atoms with van der Waals surface area (Å²) >= 11 is 1.63. The maximum absolute atomic E-state index is 12.1. The van der Waals surface area contributed by atoms with Gasteiger partial charge in [0, 0.05) is 22.8 Å². The summed E-state index contributed by atoms with van der Waals surface area (Å²) in [5, 5.41) is 15.1. The SMILES string of the molecule is CSc1ccc(NC(=O)Nc2ccc(Cn3cnc(O)c3C(N)=O)cc2)cc1. The van der Waals surface area contributed by atoms with Gasteiger partial charge in [0.25, 0.3) is 5.91 Å². The summed E-state index contributed by atoms with van der Waals surface area (Å²) < 4.78 is 1.46. The lowest BCUT2D eigenvalue weighted by Gasteiger charge is -2.10. The lowest BCUT2D eigenvalue weighted by Crippen LogP contribution is -2.19. The molecule has 0 bridgehead atoms. The van der Waals surface area contributed by atoms with Gasteiger partial charge in [0.2, 0.25) is 5.88 Å². The van der Waals surface area contributed by atoms with Gasteiger partial charge in [-0.1, -0.05) is 12.1 Å². The first-order valence-electron chi connectivity index (χ1n) is 8.31. The van der Waals surface area contributed by atoms with Crippen LogP contribution in [0, 0.1) is 0 Å². The normalized spacial score (nSPS) is 10.5. The highest BCUT2D eigenvalue weighted by atomic mass is 32.2. The number of hydrogen-bond acceptors (Lipinski definition) is 5. The first-order chi connectivity index (χ1) is 13.5. The number of hydrogen-bond donors (Lipinski definition) is 4. The van der Waals surface area contributed by atoms with E-state index in [4.69, 9.17) is 5.73 Å². The zero-order valence-electron chi connectivity index (χ0n) is 15.0. The first-order valence-corrected chi connectivity index (χ1v) is 9.53. The number of nitrogens with zero attached hydrogens (tertiary/aromatic N) is 2. The summed E-state index contributed by atoms with van der Waals surface area (Å²) in [5.74, 6) is -1.15. The van der Waals surface area contributed by atoms with Crippen molar-refractivity contribution in [2.75, 3.05) is 16.9 Å². The van der Waals surface area contributed by atoms with Crippen LogP contribution in [0.5, 0.6) is 5.88 Å². The molecule has 0 saturated carbocycles. The van der Waals surface area contributed by atoms with Crippen molar-refractivity contribution in [3.63, 3.8) is 0 Å². The molecule has 8 nitrogen and oxygen atoms in total. The van der Waals surface area contributed by atoms with Crippen LogP contribution in [0.15, 0.2) is 59.8 Å². The van der Waals surface area contributed by atoms with Crippen LogP contribution in [0.2, 0.25) is 0 Å². The van der Waals surface area contributed by atoms with Gasteiger partial charge in [-0.25, -0.2) is 9.78 Å². The Morgan fingerprint density at radius 2 is 1.64 bits per heavy atom. The number of anilines is 2. The van der Waals surface area contributed by atoms with Crippen molar-refractivity contribution < 1.29 is 14.7 Å². The Hall–Kier alpha value is -3.46. The molecule has 0 radical (unpaired) electrons. The van der Waals surface area contributed by atoms with Crippen molar-refractivity contribution in [1.82, 2.24) is 9.55 Å². The van der Waals surface area contributed by atoms with Gasteiger partial charge in [-0.3, -0.25) is 4.79 Å². The third-order valence-electron chi connectivity index (χ3n) is 3.96. The number of urea groups is 1. The molecule has 0 aliphatic heterocycles. The second-order valence-electron chi connectivity index (χ2n) is 5.91. The van der Waals surface area contributed by atoms with E-state index in [-0.39, 0.29) is 11.7 Å². The number of imidazole rings is 1. The van der Waals surface area contributed by atoms with Gasteiger partial charge in [-0.2, -0.15) is 0 Å². The fourth-order valence-electron chi connectivity index (χ4n) is 2.60. The lowest BCUT2D eigenvalue weighted by molar-refractivity contribution is 0.0989. The summed E-state index contributed by atoms with van der Waals surface area (Å²) in [6.45, 7) is 0.306. The van der Waals surface area contributed by atoms with E-state index in [2.05, 4.69) is 15.6 Å². The molecule has 0 atom stereocenters. The quantitative estimate of drug-likeness (QED) is 0.476. The van der Waals surface area contributed by atoms with E-state index in [1.54, 1.807) is 36.0 Å². The minimum absolute atomic E-state index is 0.0472. The monoisotopic (exact) mass is 397 g/mol. The van der Waals surface area contributed by atoms with E-state index in [1.807, 2.05) is 30.5 Å². The molecule has 1 heterocycles. The first kappa shape index (κ1) is 19.3. The summed E-state index contributed by atoms with van der Waals surface area (Å²) in [6.07, 6.45) is 3.33. The fraction of sp³-hybridized carbons (Fsp3) is 0.105. The minimum atomic E-state index is -0.754. The molecule has 0 fully saturated rings. The van der Waals surface area contributed by atoms with E-state index in [0.717, 1.165) is 10.5 Å². The molecule has 0 aliphatic carbocycles. The second-order valence-corrected chi connectivity index (χ2v) is 6.79. The number of primary amides is 1. The van der Waals surface area contributed by atoms with Crippen LogP contribution in [0.4, 0.5) is 16.2 Å². The zero-order chi connectivity index (χ0) is 20.1. The molecule has 2 aromatic carbocycles. The van der Waals surface area contributed by atoms with E-state index in [9.17, 15) is 14.7 Å². The van der Waals surface area contributed by atoms with Crippen LogP contribution >= 0.6 is 11.8 Å². The average Bonchev–Trinajstić information content (AvgIpc) is 3.04. The zero-order valence-corrected chi connectivity index (χ0v) is 15.9. The summed E-state index contributed by atoms with van der Waals surface area (Å²) in [6, 6.07) is 14.3. The standard InChI is InChI=1S/C19H19N5O3S/c1-28-15-8-6-14(7-9-15)23-19(27)22-13-4-2-12(3-5-13)10-24-11-21-18(26)16(24)17(20)25/h2-9,11,26H,10H2,1H3,(H2,20,25)(H2,22,23,27). The van der Waals surface area contributed by atoms with Crippen molar-refractivity contribution in [2.24, 2.45) is 5.73 Å². The number of aromatic nitrogens is 2. The van der Waals surface area contributed by atoms with Gasteiger partial charge in [0.15, 0.2) is 5.69 Å². The third-order valence-corrected chi connectivity index (χ3v) is 4.71. The highest BCUT2D eigenvalue weighted by Gasteiger charge is 2.15. The molecule has 144 valence electrons. The van der Waals surface area contributed by atoms with Crippen LogP contribution in [0.25, 0.3) is 0 Å². The second kappa shape index (κ2) is 8.49. The van der Waals surface area contributed by atoms with Gasteiger partial charge in [-0.05, 0) is 48.2 Å². The molecule has 9 heteroatoms. The predicted octanol–water partition coefficient (Wildman–Crippen LogP) is 3.10. The largest absolute Gasteiger partial charge is 0.492 e. The molecule has 0 aliphatic rings. The number of nitrogens with one attached hydrogen (secondary N) is 2. The molecule has 5 N–H and O–H groups in total. The van der Waals surface area contributed by atoms with Crippen LogP contribution in [-0.4, -0.2) is 32.9 Å². The molecule has 1 aromatic heterocycles. The van der Waals surface area contributed by atoms with Crippen LogP contribution in [0.3, 0.4) is 0 Å².